The van der Waals surface area contributed by atoms with Gasteiger partial charge in [0, 0.05) is 31.5 Å². The standard InChI is InChI=1S/C24H25N3O3/c28-27(29)23-13-12-21(26-14-7-16-30-17-15-26)18-22(23)25-24(19-8-3-1-4-9-19)20-10-5-2-6-11-20/h1-6,8-13,18,24-25H,7,14-17H2. The van der Waals surface area contributed by atoms with E-state index in [2.05, 4.69) is 10.2 Å². The molecule has 0 spiro atoms. The molecule has 0 aromatic heterocycles. The lowest BCUT2D eigenvalue weighted by molar-refractivity contribution is -0.384. The van der Waals surface area contributed by atoms with Crippen LogP contribution >= 0.6 is 0 Å². The molecule has 0 amide bonds. The maximum Gasteiger partial charge on any atom is 0.292 e. The minimum Gasteiger partial charge on any atom is -0.380 e. The zero-order chi connectivity index (χ0) is 20.8. The van der Waals surface area contributed by atoms with E-state index < -0.39 is 0 Å². The van der Waals surface area contributed by atoms with Crippen LogP contribution in [0.15, 0.2) is 78.9 Å². The number of ether oxygens (including phenoxy) is 1. The maximum atomic E-state index is 11.8. The lowest BCUT2D eigenvalue weighted by atomic mass is 9.98. The summed E-state index contributed by atoms with van der Waals surface area (Å²) >= 11 is 0. The molecule has 6 nitrogen and oxygen atoms in total. The van der Waals surface area contributed by atoms with Gasteiger partial charge in [0.2, 0.25) is 0 Å². The van der Waals surface area contributed by atoms with Crippen molar-refractivity contribution in [2.24, 2.45) is 0 Å². The quantitative estimate of drug-likeness (QED) is 0.462. The number of nitrogens with zero attached hydrogens (tertiary/aromatic N) is 2. The lowest BCUT2D eigenvalue weighted by Gasteiger charge is -2.25. The Morgan fingerprint density at radius 1 is 0.900 bits per heavy atom. The first kappa shape index (κ1) is 19.9. The molecule has 1 N–H and O–H groups in total. The van der Waals surface area contributed by atoms with Crippen LogP contribution in [0, 0.1) is 10.1 Å². The summed E-state index contributed by atoms with van der Waals surface area (Å²) in [6.07, 6.45) is 0.941. The summed E-state index contributed by atoms with van der Waals surface area (Å²) in [5.41, 5.74) is 3.65. The smallest absolute Gasteiger partial charge is 0.292 e. The normalized spacial score (nSPS) is 14.4. The van der Waals surface area contributed by atoms with Crippen molar-refractivity contribution >= 4 is 17.1 Å². The molecule has 1 aliphatic rings. The molecule has 0 saturated carbocycles. The molecule has 6 heteroatoms. The highest BCUT2D eigenvalue weighted by Crippen LogP contribution is 2.35. The molecule has 1 aliphatic heterocycles. The number of rotatable bonds is 6. The Morgan fingerprint density at radius 2 is 1.57 bits per heavy atom. The molecule has 1 saturated heterocycles. The van der Waals surface area contributed by atoms with Crippen LogP contribution in [0.1, 0.15) is 23.6 Å². The third-order valence-corrected chi connectivity index (χ3v) is 5.33. The average Bonchev–Trinajstić information content (AvgIpc) is 3.08. The van der Waals surface area contributed by atoms with E-state index in [1.807, 2.05) is 72.8 Å². The molecule has 0 atom stereocenters. The Balaban J connectivity index is 1.72. The second-order valence-corrected chi connectivity index (χ2v) is 7.31. The molecular formula is C24H25N3O3. The van der Waals surface area contributed by atoms with Crippen LogP contribution in [-0.2, 0) is 4.74 Å². The largest absolute Gasteiger partial charge is 0.380 e. The second-order valence-electron chi connectivity index (χ2n) is 7.31. The van der Waals surface area contributed by atoms with Crippen molar-refractivity contribution in [3.63, 3.8) is 0 Å². The van der Waals surface area contributed by atoms with E-state index in [-0.39, 0.29) is 16.7 Å². The van der Waals surface area contributed by atoms with Gasteiger partial charge in [0.15, 0.2) is 0 Å². The number of anilines is 2. The molecule has 30 heavy (non-hydrogen) atoms. The van der Waals surface area contributed by atoms with E-state index in [4.69, 9.17) is 4.74 Å². The second kappa shape index (κ2) is 9.41. The van der Waals surface area contributed by atoms with Crippen molar-refractivity contribution in [2.75, 3.05) is 36.5 Å². The van der Waals surface area contributed by atoms with Gasteiger partial charge in [-0.1, -0.05) is 60.7 Å². The zero-order valence-corrected chi connectivity index (χ0v) is 16.7. The fourth-order valence-corrected chi connectivity index (χ4v) is 3.81. The molecule has 1 fully saturated rings. The molecule has 0 radical (unpaired) electrons. The van der Waals surface area contributed by atoms with Crippen LogP contribution in [0.3, 0.4) is 0 Å². The van der Waals surface area contributed by atoms with E-state index >= 15 is 0 Å². The number of nitrogens with one attached hydrogen (secondary N) is 1. The summed E-state index contributed by atoms with van der Waals surface area (Å²) in [7, 11) is 0. The van der Waals surface area contributed by atoms with Crippen LogP contribution in [0.25, 0.3) is 0 Å². The minimum absolute atomic E-state index is 0.0710. The number of nitro groups is 1. The summed E-state index contributed by atoms with van der Waals surface area (Å²) in [4.78, 5) is 13.6. The van der Waals surface area contributed by atoms with Gasteiger partial charge in [-0.25, -0.2) is 0 Å². The zero-order valence-electron chi connectivity index (χ0n) is 16.7. The topological polar surface area (TPSA) is 67.6 Å². The Bertz CT molecular complexity index is 932. The van der Waals surface area contributed by atoms with Gasteiger partial charge in [0.1, 0.15) is 5.69 Å². The van der Waals surface area contributed by atoms with Gasteiger partial charge in [-0.15, -0.1) is 0 Å². The predicted molar refractivity (Wildman–Crippen MR) is 119 cm³/mol. The van der Waals surface area contributed by atoms with Gasteiger partial charge >= 0.3 is 0 Å². The molecular weight excluding hydrogens is 378 g/mol. The Labute approximate surface area is 176 Å². The van der Waals surface area contributed by atoms with Crippen LogP contribution in [0.2, 0.25) is 0 Å². The predicted octanol–water partition coefficient (Wildman–Crippen LogP) is 5.02. The van der Waals surface area contributed by atoms with Crippen molar-refractivity contribution in [2.45, 2.75) is 12.5 Å². The first-order chi connectivity index (χ1) is 14.7. The lowest BCUT2D eigenvalue weighted by Crippen LogP contribution is -2.26. The maximum absolute atomic E-state index is 11.8. The minimum atomic E-state index is -0.329. The number of hydrogen-bond donors (Lipinski definition) is 1. The molecule has 0 aliphatic carbocycles. The van der Waals surface area contributed by atoms with E-state index in [0.29, 0.717) is 12.3 Å². The van der Waals surface area contributed by atoms with Crippen LogP contribution in [0.5, 0.6) is 0 Å². The molecule has 3 aromatic carbocycles. The van der Waals surface area contributed by atoms with Crippen molar-refractivity contribution in [3.8, 4) is 0 Å². The highest BCUT2D eigenvalue weighted by molar-refractivity contribution is 5.70. The monoisotopic (exact) mass is 403 g/mol. The summed E-state index contributed by atoms with van der Waals surface area (Å²) in [5, 5.41) is 15.2. The van der Waals surface area contributed by atoms with Crippen molar-refractivity contribution < 1.29 is 9.66 Å². The fourth-order valence-electron chi connectivity index (χ4n) is 3.81. The molecule has 4 rings (SSSR count). The van der Waals surface area contributed by atoms with Gasteiger partial charge < -0.3 is 15.0 Å². The van der Waals surface area contributed by atoms with E-state index in [1.165, 1.54) is 0 Å². The highest BCUT2D eigenvalue weighted by atomic mass is 16.6. The van der Waals surface area contributed by atoms with Crippen molar-refractivity contribution in [1.29, 1.82) is 0 Å². The van der Waals surface area contributed by atoms with E-state index in [9.17, 15) is 10.1 Å². The molecule has 1 heterocycles. The molecule has 3 aromatic rings. The first-order valence-electron chi connectivity index (χ1n) is 10.2. The van der Waals surface area contributed by atoms with Crippen molar-refractivity contribution in [1.82, 2.24) is 0 Å². The molecule has 154 valence electrons. The van der Waals surface area contributed by atoms with Crippen LogP contribution in [0.4, 0.5) is 17.1 Å². The van der Waals surface area contributed by atoms with Gasteiger partial charge in [-0.2, -0.15) is 0 Å². The SMILES string of the molecule is O=[N+]([O-])c1ccc(N2CCCOCC2)cc1NC(c1ccccc1)c1ccccc1. The third kappa shape index (κ3) is 4.60. The van der Waals surface area contributed by atoms with Crippen molar-refractivity contribution in [3.05, 3.63) is 100 Å². The Morgan fingerprint density at radius 3 is 2.20 bits per heavy atom. The van der Waals surface area contributed by atoms with Gasteiger partial charge in [0.25, 0.3) is 5.69 Å². The van der Waals surface area contributed by atoms with Crippen LogP contribution < -0.4 is 10.2 Å². The molecule has 0 bridgehead atoms. The van der Waals surface area contributed by atoms with Gasteiger partial charge in [-0.3, -0.25) is 10.1 Å². The first-order valence-corrected chi connectivity index (χ1v) is 10.2. The molecule has 0 unspecified atom stereocenters. The Kier molecular flexibility index (Phi) is 6.25. The van der Waals surface area contributed by atoms with Crippen LogP contribution in [-0.4, -0.2) is 31.2 Å². The van der Waals surface area contributed by atoms with E-state index in [1.54, 1.807) is 6.07 Å². The third-order valence-electron chi connectivity index (χ3n) is 5.33. The Hall–Kier alpha value is -3.38. The summed E-state index contributed by atoms with van der Waals surface area (Å²) in [6.45, 7) is 3.06. The number of nitro benzene ring substituents is 1. The number of hydrogen-bond acceptors (Lipinski definition) is 5. The van der Waals surface area contributed by atoms with E-state index in [0.717, 1.165) is 42.9 Å². The summed E-state index contributed by atoms with van der Waals surface area (Å²) in [5.74, 6) is 0. The highest BCUT2D eigenvalue weighted by Gasteiger charge is 2.22. The average molecular weight is 403 g/mol. The summed E-state index contributed by atoms with van der Waals surface area (Å²) < 4.78 is 5.55. The number of benzene rings is 3. The van der Waals surface area contributed by atoms with Gasteiger partial charge in [0.05, 0.1) is 17.6 Å². The summed E-state index contributed by atoms with van der Waals surface area (Å²) in [6, 6.07) is 25.1. The fraction of sp³-hybridized carbons (Fsp3) is 0.250. The van der Waals surface area contributed by atoms with Gasteiger partial charge in [-0.05, 0) is 29.7 Å².